The summed E-state index contributed by atoms with van der Waals surface area (Å²) in [5.74, 6) is -0.242. The largest absolute Gasteiger partial charge is 0.378 e. The summed E-state index contributed by atoms with van der Waals surface area (Å²) in [5.41, 5.74) is 5.66. The molecule has 0 aromatic carbocycles. The van der Waals surface area contributed by atoms with Crippen molar-refractivity contribution < 1.29 is 9.13 Å². The first-order chi connectivity index (χ1) is 18.1. The van der Waals surface area contributed by atoms with E-state index in [0.717, 1.165) is 65.9 Å². The number of nitrogens with one attached hydrogen (secondary N) is 1. The zero-order valence-corrected chi connectivity index (χ0v) is 21.6. The highest BCUT2D eigenvalue weighted by molar-refractivity contribution is 5.95. The van der Waals surface area contributed by atoms with Gasteiger partial charge in [-0.15, -0.1) is 0 Å². The molecule has 1 N–H and O–H groups in total. The minimum absolute atomic E-state index is 0.242. The van der Waals surface area contributed by atoms with Gasteiger partial charge in [0.1, 0.15) is 5.65 Å². The van der Waals surface area contributed by atoms with Gasteiger partial charge in [-0.25, -0.2) is 9.37 Å². The average molecular weight is 504 g/mol. The number of hydrogen-bond acceptors (Lipinski definition) is 6. The summed E-state index contributed by atoms with van der Waals surface area (Å²) in [4.78, 5) is 17.3. The van der Waals surface area contributed by atoms with Crippen LogP contribution < -0.4 is 4.90 Å². The van der Waals surface area contributed by atoms with Gasteiger partial charge in [0.2, 0.25) is 0 Å². The van der Waals surface area contributed by atoms with E-state index in [1.165, 1.54) is 0 Å². The van der Waals surface area contributed by atoms with Crippen LogP contribution in [0.15, 0.2) is 36.9 Å². The van der Waals surface area contributed by atoms with Gasteiger partial charge in [0.05, 0.1) is 42.5 Å². The molecule has 0 unspecified atom stereocenters. The van der Waals surface area contributed by atoms with Crippen LogP contribution in [0, 0.1) is 5.82 Å². The van der Waals surface area contributed by atoms with Gasteiger partial charge >= 0.3 is 0 Å². The van der Waals surface area contributed by atoms with Crippen molar-refractivity contribution >= 4 is 16.7 Å². The van der Waals surface area contributed by atoms with Crippen LogP contribution in [-0.4, -0.2) is 75.6 Å². The Labute approximate surface area is 216 Å². The third kappa shape index (κ3) is 4.62. The van der Waals surface area contributed by atoms with Crippen molar-refractivity contribution in [2.24, 2.45) is 0 Å². The quantitative estimate of drug-likeness (QED) is 0.412. The van der Waals surface area contributed by atoms with Crippen molar-refractivity contribution in [3.05, 3.63) is 48.4 Å². The Morgan fingerprint density at radius 2 is 1.86 bits per heavy atom. The predicted octanol–water partition coefficient (Wildman–Crippen LogP) is 4.68. The molecule has 4 aromatic rings. The zero-order chi connectivity index (χ0) is 25.4. The number of anilines is 1. The number of morpholine rings is 1. The number of aromatic nitrogens is 5. The lowest BCUT2D eigenvalue weighted by molar-refractivity contribution is 0.122. The molecular formula is C28H34FN7O. The first-order valence-corrected chi connectivity index (χ1v) is 13.4. The van der Waals surface area contributed by atoms with E-state index in [9.17, 15) is 0 Å². The topological polar surface area (TPSA) is 75.1 Å². The molecule has 37 heavy (non-hydrogen) atoms. The van der Waals surface area contributed by atoms with Gasteiger partial charge in [-0.05, 0) is 31.9 Å². The lowest BCUT2D eigenvalue weighted by atomic mass is 10.0. The van der Waals surface area contributed by atoms with Gasteiger partial charge in [-0.3, -0.25) is 9.67 Å². The maximum Gasteiger partial charge on any atom is 0.150 e. The number of fused-ring (bicyclic) bond motifs is 1. The number of rotatable bonds is 6. The van der Waals surface area contributed by atoms with E-state index in [-0.39, 0.29) is 5.82 Å². The van der Waals surface area contributed by atoms with E-state index in [1.54, 1.807) is 12.3 Å². The smallest absolute Gasteiger partial charge is 0.150 e. The lowest BCUT2D eigenvalue weighted by Crippen LogP contribution is -2.37. The van der Waals surface area contributed by atoms with Crippen molar-refractivity contribution in [1.29, 1.82) is 0 Å². The van der Waals surface area contributed by atoms with E-state index >= 15 is 4.39 Å². The van der Waals surface area contributed by atoms with E-state index in [4.69, 9.17) is 14.8 Å². The second kappa shape index (κ2) is 10.2. The summed E-state index contributed by atoms with van der Waals surface area (Å²) in [5, 5.41) is 5.69. The Hall–Kier alpha value is -3.30. The van der Waals surface area contributed by atoms with Crippen molar-refractivity contribution in [2.45, 2.75) is 39.2 Å². The number of aromatic amines is 1. The molecule has 0 spiro atoms. The molecule has 6 rings (SSSR count). The van der Waals surface area contributed by atoms with Crippen LogP contribution in [0.3, 0.4) is 0 Å². The fourth-order valence-electron chi connectivity index (χ4n) is 5.63. The number of ether oxygens (including phenoxy) is 1. The highest BCUT2D eigenvalue weighted by Gasteiger charge is 2.23. The number of halogens is 1. The fraction of sp³-hybridized carbons (Fsp3) is 0.464. The van der Waals surface area contributed by atoms with Crippen LogP contribution in [-0.2, 0) is 11.2 Å². The molecule has 0 saturated carbocycles. The normalized spacial score (nSPS) is 17.6. The molecule has 2 aliphatic heterocycles. The van der Waals surface area contributed by atoms with Crippen LogP contribution in [0.25, 0.3) is 33.4 Å². The monoisotopic (exact) mass is 503 g/mol. The number of aryl methyl sites for hydroxylation is 1. The van der Waals surface area contributed by atoms with E-state index in [1.807, 2.05) is 24.2 Å². The molecule has 2 saturated heterocycles. The molecule has 2 aliphatic rings. The number of piperidine rings is 1. The Bertz CT molecular complexity index is 1380. The number of pyridine rings is 2. The lowest BCUT2D eigenvalue weighted by Gasteiger charge is -2.31. The Morgan fingerprint density at radius 3 is 2.62 bits per heavy atom. The van der Waals surface area contributed by atoms with Crippen molar-refractivity contribution in [1.82, 2.24) is 29.6 Å². The first kappa shape index (κ1) is 24.1. The van der Waals surface area contributed by atoms with Crippen LogP contribution in [0.1, 0.15) is 38.4 Å². The molecule has 194 valence electrons. The molecule has 4 aromatic heterocycles. The SMILES string of the molecule is CCc1nc(-c2cnc3[nH]cc(-c4cnn(C5CCN(CC)CC5)c4)c3c2)cc(F)c1N1CCOCC1. The molecule has 9 heteroatoms. The van der Waals surface area contributed by atoms with Gasteiger partial charge in [0, 0.05) is 72.9 Å². The second-order valence-corrected chi connectivity index (χ2v) is 9.93. The highest BCUT2D eigenvalue weighted by atomic mass is 19.1. The van der Waals surface area contributed by atoms with Gasteiger partial charge in [0.25, 0.3) is 0 Å². The number of H-pyrrole nitrogens is 1. The minimum atomic E-state index is -0.242. The Balaban J connectivity index is 1.31. The van der Waals surface area contributed by atoms with E-state index in [2.05, 4.69) is 38.7 Å². The summed E-state index contributed by atoms with van der Waals surface area (Å²) < 4.78 is 23.0. The van der Waals surface area contributed by atoms with Gasteiger partial charge in [0.15, 0.2) is 5.82 Å². The van der Waals surface area contributed by atoms with Gasteiger partial charge in [-0.1, -0.05) is 13.8 Å². The first-order valence-electron chi connectivity index (χ1n) is 13.4. The molecular weight excluding hydrogens is 469 g/mol. The molecule has 0 bridgehead atoms. The van der Waals surface area contributed by atoms with Crippen LogP contribution >= 0.6 is 0 Å². The number of hydrogen-bond donors (Lipinski definition) is 1. The molecule has 2 fully saturated rings. The van der Waals surface area contributed by atoms with Crippen LogP contribution in [0.5, 0.6) is 0 Å². The Kier molecular flexibility index (Phi) is 6.65. The number of likely N-dealkylation sites (tertiary alicyclic amines) is 1. The third-order valence-electron chi connectivity index (χ3n) is 7.80. The minimum Gasteiger partial charge on any atom is -0.378 e. The van der Waals surface area contributed by atoms with Crippen LogP contribution in [0.4, 0.5) is 10.1 Å². The molecule has 0 atom stereocenters. The van der Waals surface area contributed by atoms with E-state index in [0.29, 0.717) is 50.1 Å². The summed E-state index contributed by atoms with van der Waals surface area (Å²) in [7, 11) is 0. The zero-order valence-electron chi connectivity index (χ0n) is 21.6. The summed E-state index contributed by atoms with van der Waals surface area (Å²) in [6, 6.07) is 4.03. The van der Waals surface area contributed by atoms with Gasteiger partial charge < -0.3 is 19.5 Å². The predicted molar refractivity (Wildman–Crippen MR) is 143 cm³/mol. The van der Waals surface area contributed by atoms with Gasteiger partial charge in [-0.2, -0.15) is 5.10 Å². The second-order valence-electron chi connectivity index (χ2n) is 9.93. The molecule has 8 nitrogen and oxygen atoms in total. The maximum absolute atomic E-state index is 15.4. The molecule has 0 amide bonds. The molecule has 0 radical (unpaired) electrons. The average Bonchev–Trinajstić information content (AvgIpc) is 3.60. The summed E-state index contributed by atoms with van der Waals surface area (Å²) in [6.45, 7) is 10.1. The van der Waals surface area contributed by atoms with Crippen molar-refractivity contribution in [2.75, 3.05) is 50.8 Å². The summed E-state index contributed by atoms with van der Waals surface area (Å²) >= 11 is 0. The maximum atomic E-state index is 15.4. The molecule has 6 heterocycles. The van der Waals surface area contributed by atoms with Crippen LogP contribution in [0.2, 0.25) is 0 Å². The van der Waals surface area contributed by atoms with E-state index < -0.39 is 0 Å². The highest BCUT2D eigenvalue weighted by Crippen LogP contribution is 2.34. The Morgan fingerprint density at radius 1 is 1.05 bits per heavy atom. The summed E-state index contributed by atoms with van der Waals surface area (Å²) in [6.07, 6.45) is 10.7. The third-order valence-corrected chi connectivity index (χ3v) is 7.80. The van der Waals surface area contributed by atoms with Crippen molar-refractivity contribution in [3.63, 3.8) is 0 Å². The molecule has 0 aliphatic carbocycles. The fourth-order valence-corrected chi connectivity index (χ4v) is 5.63. The van der Waals surface area contributed by atoms with Crippen molar-refractivity contribution in [3.8, 4) is 22.4 Å². The standard InChI is InChI=1S/C28H34FN7O/c1-3-25-27(35-9-11-37-12-10-35)24(29)14-26(33-25)19-13-22-23(17-31-28(22)30-15-19)20-16-32-36(18-20)21-5-7-34(4-2)8-6-21/h13-18,21H,3-12H2,1-2H3,(H,30,31). The number of nitrogens with zero attached hydrogens (tertiary/aromatic N) is 6.